The molecule has 1 saturated heterocycles. The predicted octanol–water partition coefficient (Wildman–Crippen LogP) is 5.47. The molecule has 132 valence electrons. The van der Waals surface area contributed by atoms with Crippen molar-refractivity contribution in [1.82, 2.24) is 4.90 Å². The molecule has 3 heteroatoms. The molecule has 0 bridgehead atoms. The lowest BCUT2D eigenvalue weighted by Crippen LogP contribution is -2.41. The zero-order chi connectivity index (χ0) is 17.9. The summed E-state index contributed by atoms with van der Waals surface area (Å²) < 4.78 is 5.48. The second kappa shape index (κ2) is 7.30. The standard InChI is InChI=1S/C22H27NO2/c1-22(2,3)25-21(24)23-14-12-18(13-15-23)20-11-7-10-19(16-20)17-8-5-4-6-9-17/h4-11,16,18H,12-15H2,1-3H3. The minimum Gasteiger partial charge on any atom is -0.444 e. The normalized spacial score (nSPS) is 15.9. The zero-order valence-electron chi connectivity index (χ0n) is 15.4. The van der Waals surface area contributed by atoms with Crippen LogP contribution in [0.5, 0.6) is 0 Å². The predicted molar refractivity (Wildman–Crippen MR) is 102 cm³/mol. The molecule has 0 aromatic heterocycles. The Labute approximate surface area is 150 Å². The first kappa shape index (κ1) is 17.5. The van der Waals surface area contributed by atoms with Gasteiger partial charge in [0.1, 0.15) is 5.60 Å². The van der Waals surface area contributed by atoms with Gasteiger partial charge in [-0.2, -0.15) is 0 Å². The van der Waals surface area contributed by atoms with Crippen LogP contribution in [0.3, 0.4) is 0 Å². The smallest absolute Gasteiger partial charge is 0.410 e. The largest absolute Gasteiger partial charge is 0.444 e. The van der Waals surface area contributed by atoms with Gasteiger partial charge in [0.05, 0.1) is 0 Å². The highest BCUT2D eigenvalue weighted by molar-refractivity contribution is 5.68. The summed E-state index contributed by atoms with van der Waals surface area (Å²) in [5.41, 5.74) is 3.44. The van der Waals surface area contributed by atoms with Gasteiger partial charge in [-0.3, -0.25) is 0 Å². The molecule has 0 spiro atoms. The van der Waals surface area contributed by atoms with Crippen LogP contribution in [0.2, 0.25) is 0 Å². The Kier molecular flexibility index (Phi) is 5.12. The van der Waals surface area contributed by atoms with Crippen LogP contribution in [0.1, 0.15) is 45.1 Å². The van der Waals surface area contributed by atoms with Crippen LogP contribution in [0.25, 0.3) is 11.1 Å². The molecule has 0 saturated carbocycles. The summed E-state index contributed by atoms with van der Waals surface area (Å²) in [4.78, 5) is 14.0. The first-order valence-corrected chi connectivity index (χ1v) is 9.06. The van der Waals surface area contributed by atoms with E-state index in [4.69, 9.17) is 4.74 Å². The van der Waals surface area contributed by atoms with Gasteiger partial charge in [0.2, 0.25) is 0 Å². The fourth-order valence-electron chi connectivity index (χ4n) is 3.32. The van der Waals surface area contributed by atoms with E-state index in [1.807, 2.05) is 31.7 Å². The van der Waals surface area contributed by atoms with E-state index in [9.17, 15) is 4.79 Å². The highest BCUT2D eigenvalue weighted by atomic mass is 16.6. The average Bonchev–Trinajstić information content (AvgIpc) is 2.61. The Balaban J connectivity index is 1.65. The van der Waals surface area contributed by atoms with Gasteiger partial charge in [0.25, 0.3) is 0 Å². The third-order valence-corrected chi connectivity index (χ3v) is 4.61. The quantitative estimate of drug-likeness (QED) is 0.727. The number of benzene rings is 2. The molecule has 0 radical (unpaired) electrons. The van der Waals surface area contributed by atoms with Crippen LogP contribution in [-0.2, 0) is 4.74 Å². The van der Waals surface area contributed by atoms with E-state index in [1.54, 1.807) is 0 Å². The molecule has 0 N–H and O–H groups in total. The van der Waals surface area contributed by atoms with Crippen molar-refractivity contribution < 1.29 is 9.53 Å². The summed E-state index contributed by atoms with van der Waals surface area (Å²) >= 11 is 0. The maximum absolute atomic E-state index is 12.2. The number of likely N-dealkylation sites (tertiary alicyclic amines) is 1. The van der Waals surface area contributed by atoms with Gasteiger partial charge in [-0.15, -0.1) is 0 Å². The lowest BCUT2D eigenvalue weighted by molar-refractivity contribution is 0.0205. The van der Waals surface area contributed by atoms with Gasteiger partial charge in [-0.1, -0.05) is 54.6 Å². The van der Waals surface area contributed by atoms with E-state index in [-0.39, 0.29) is 6.09 Å². The maximum Gasteiger partial charge on any atom is 0.410 e. The van der Waals surface area contributed by atoms with Crippen LogP contribution in [0.15, 0.2) is 54.6 Å². The van der Waals surface area contributed by atoms with Crippen LogP contribution in [0.4, 0.5) is 4.79 Å². The van der Waals surface area contributed by atoms with Crippen molar-refractivity contribution in [3.8, 4) is 11.1 Å². The van der Waals surface area contributed by atoms with Crippen LogP contribution >= 0.6 is 0 Å². The van der Waals surface area contributed by atoms with Crippen LogP contribution < -0.4 is 0 Å². The molecule has 2 aromatic rings. The zero-order valence-corrected chi connectivity index (χ0v) is 15.4. The number of rotatable bonds is 2. The van der Waals surface area contributed by atoms with Crippen molar-refractivity contribution in [2.45, 2.75) is 45.1 Å². The van der Waals surface area contributed by atoms with E-state index in [0.29, 0.717) is 5.92 Å². The molecule has 2 aromatic carbocycles. The Hall–Kier alpha value is -2.29. The number of carbonyl (C=O) groups excluding carboxylic acids is 1. The number of nitrogens with zero attached hydrogens (tertiary/aromatic N) is 1. The van der Waals surface area contributed by atoms with Gasteiger partial charge in [-0.05, 0) is 56.2 Å². The second-order valence-electron chi connectivity index (χ2n) is 7.73. The van der Waals surface area contributed by atoms with Crippen molar-refractivity contribution in [2.75, 3.05) is 13.1 Å². The van der Waals surface area contributed by atoms with Crippen molar-refractivity contribution in [3.63, 3.8) is 0 Å². The molecule has 1 aliphatic heterocycles. The molecule has 0 atom stereocenters. The molecule has 3 rings (SSSR count). The summed E-state index contributed by atoms with van der Waals surface area (Å²) in [6.45, 7) is 7.25. The molecular formula is C22H27NO2. The number of ether oxygens (including phenoxy) is 1. The molecule has 25 heavy (non-hydrogen) atoms. The van der Waals surface area contributed by atoms with E-state index >= 15 is 0 Å². The van der Waals surface area contributed by atoms with Gasteiger partial charge in [0, 0.05) is 13.1 Å². The van der Waals surface area contributed by atoms with Crippen LogP contribution in [0, 0.1) is 0 Å². The third-order valence-electron chi connectivity index (χ3n) is 4.61. The lowest BCUT2D eigenvalue weighted by Gasteiger charge is -2.33. The van der Waals surface area contributed by atoms with Crippen molar-refractivity contribution in [2.24, 2.45) is 0 Å². The molecule has 0 aliphatic carbocycles. The number of piperidine rings is 1. The highest BCUT2D eigenvalue weighted by Crippen LogP contribution is 2.31. The molecule has 1 aliphatic rings. The molecular weight excluding hydrogens is 310 g/mol. The highest BCUT2D eigenvalue weighted by Gasteiger charge is 2.27. The fraction of sp³-hybridized carbons (Fsp3) is 0.409. The molecule has 1 fully saturated rings. The molecule has 3 nitrogen and oxygen atoms in total. The topological polar surface area (TPSA) is 29.5 Å². The third kappa shape index (κ3) is 4.62. The Morgan fingerprint density at radius 3 is 2.24 bits per heavy atom. The first-order valence-electron chi connectivity index (χ1n) is 9.06. The fourth-order valence-corrected chi connectivity index (χ4v) is 3.32. The second-order valence-corrected chi connectivity index (χ2v) is 7.73. The van der Waals surface area contributed by atoms with E-state index in [2.05, 4.69) is 48.5 Å². The summed E-state index contributed by atoms with van der Waals surface area (Å²) in [6, 6.07) is 19.3. The first-order chi connectivity index (χ1) is 11.9. The summed E-state index contributed by atoms with van der Waals surface area (Å²) in [5.74, 6) is 0.502. The van der Waals surface area contributed by atoms with Crippen molar-refractivity contribution in [1.29, 1.82) is 0 Å². The average molecular weight is 337 g/mol. The Morgan fingerprint density at radius 1 is 0.960 bits per heavy atom. The summed E-state index contributed by atoms with van der Waals surface area (Å²) in [5, 5.41) is 0. The van der Waals surface area contributed by atoms with E-state index in [1.165, 1.54) is 16.7 Å². The molecule has 1 heterocycles. The SMILES string of the molecule is CC(C)(C)OC(=O)N1CCC(c2cccc(-c3ccccc3)c2)CC1. The lowest BCUT2D eigenvalue weighted by atomic mass is 9.88. The Bertz CT molecular complexity index is 710. The molecule has 1 amide bonds. The number of carbonyl (C=O) groups is 1. The monoisotopic (exact) mass is 337 g/mol. The minimum atomic E-state index is -0.433. The minimum absolute atomic E-state index is 0.191. The van der Waals surface area contributed by atoms with E-state index in [0.717, 1.165) is 25.9 Å². The number of hydrogen-bond donors (Lipinski definition) is 0. The van der Waals surface area contributed by atoms with E-state index < -0.39 is 5.60 Å². The van der Waals surface area contributed by atoms with Gasteiger partial charge < -0.3 is 9.64 Å². The Morgan fingerprint density at radius 2 is 1.60 bits per heavy atom. The maximum atomic E-state index is 12.2. The summed E-state index contributed by atoms with van der Waals surface area (Å²) in [6.07, 6.45) is 1.78. The van der Waals surface area contributed by atoms with Crippen molar-refractivity contribution >= 4 is 6.09 Å². The number of hydrogen-bond acceptors (Lipinski definition) is 2. The summed E-state index contributed by atoms with van der Waals surface area (Å²) in [7, 11) is 0. The van der Waals surface area contributed by atoms with Gasteiger partial charge >= 0.3 is 6.09 Å². The van der Waals surface area contributed by atoms with Gasteiger partial charge in [0.15, 0.2) is 0 Å². The van der Waals surface area contributed by atoms with Crippen LogP contribution in [-0.4, -0.2) is 29.7 Å². The molecule has 0 unspecified atom stereocenters. The van der Waals surface area contributed by atoms with Gasteiger partial charge in [-0.25, -0.2) is 4.79 Å². The van der Waals surface area contributed by atoms with Crippen molar-refractivity contribution in [3.05, 3.63) is 60.2 Å². The number of amides is 1.